The first-order valence-corrected chi connectivity index (χ1v) is 11.2. The number of methoxy groups -OCH3 is 2. The molecule has 1 heterocycles. The molecule has 1 atom stereocenters. The van der Waals surface area contributed by atoms with Gasteiger partial charge in [-0.1, -0.05) is 11.2 Å². The average Bonchev–Trinajstić information content (AvgIpc) is 3.13. The maximum absolute atomic E-state index is 12.6. The maximum Gasteiger partial charge on any atom is 0.410 e. The topological polar surface area (TPSA) is 108 Å². The third-order valence-electron chi connectivity index (χ3n) is 4.67. The summed E-state index contributed by atoms with van der Waals surface area (Å²) in [4.78, 5) is 31.8. The van der Waals surface area contributed by atoms with Gasteiger partial charge in [-0.05, 0) is 59.2 Å². The number of nitrogens with zero attached hydrogens (tertiary/aromatic N) is 2. The van der Waals surface area contributed by atoms with Gasteiger partial charge in [0.05, 0.1) is 26.5 Å². The molecule has 1 aromatic rings. The monoisotopic (exact) mass is 479 g/mol. The molecule has 1 unspecified atom stereocenters. The lowest BCUT2D eigenvalue weighted by Crippen LogP contribution is -2.38. The standard InChI is InChI=1S/C24H37N3O7/c1-23(2,3)33-21(28)25-12-17-13-27(22(29)34-24(4,5)6)14-18(17)26-32-15-16-9-10-19(30-7)20(11-16)31-8/h9-11,17H,12-15H2,1-8H3,(H,25,28)/b26-18+. The molecule has 2 amide bonds. The number of hydrogen-bond acceptors (Lipinski definition) is 8. The summed E-state index contributed by atoms with van der Waals surface area (Å²) in [5, 5.41) is 7.03. The Morgan fingerprint density at radius 1 is 1.03 bits per heavy atom. The van der Waals surface area contributed by atoms with Crippen molar-refractivity contribution in [2.24, 2.45) is 11.1 Å². The van der Waals surface area contributed by atoms with Crippen LogP contribution in [0.4, 0.5) is 9.59 Å². The second kappa shape index (κ2) is 11.3. The molecule has 0 aliphatic carbocycles. The number of oxime groups is 1. The number of benzene rings is 1. The second-order valence-corrected chi connectivity index (χ2v) is 9.99. The van der Waals surface area contributed by atoms with Crippen molar-refractivity contribution >= 4 is 17.9 Å². The molecular formula is C24H37N3O7. The molecule has 0 radical (unpaired) electrons. The summed E-state index contributed by atoms with van der Waals surface area (Å²) in [6, 6.07) is 5.45. The van der Waals surface area contributed by atoms with E-state index in [1.165, 1.54) is 0 Å². The van der Waals surface area contributed by atoms with E-state index in [4.69, 9.17) is 23.8 Å². The predicted octanol–water partition coefficient (Wildman–Crippen LogP) is 3.97. The highest BCUT2D eigenvalue weighted by atomic mass is 16.6. The molecule has 1 saturated heterocycles. The predicted molar refractivity (Wildman–Crippen MR) is 127 cm³/mol. The molecule has 0 aromatic heterocycles. The van der Waals surface area contributed by atoms with E-state index in [0.717, 1.165) is 5.56 Å². The van der Waals surface area contributed by atoms with Crippen LogP contribution in [-0.2, 0) is 20.9 Å². The van der Waals surface area contributed by atoms with Crippen molar-refractivity contribution in [2.45, 2.75) is 59.4 Å². The van der Waals surface area contributed by atoms with E-state index >= 15 is 0 Å². The Balaban J connectivity index is 2.08. The number of ether oxygens (including phenoxy) is 4. The van der Waals surface area contributed by atoms with Crippen LogP contribution in [-0.4, -0.2) is 67.9 Å². The molecule has 1 N–H and O–H groups in total. The maximum atomic E-state index is 12.6. The van der Waals surface area contributed by atoms with Crippen molar-refractivity contribution in [3.8, 4) is 11.5 Å². The van der Waals surface area contributed by atoms with Crippen molar-refractivity contribution in [2.75, 3.05) is 33.9 Å². The fraction of sp³-hybridized carbons (Fsp3) is 0.625. The molecule has 0 saturated carbocycles. The Morgan fingerprint density at radius 3 is 2.26 bits per heavy atom. The van der Waals surface area contributed by atoms with E-state index in [-0.39, 0.29) is 25.6 Å². The van der Waals surface area contributed by atoms with Crippen molar-refractivity contribution < 1.29 is 33.4 Å². The zero-order valence-electron chi connectivity index (χ0n) is 21.4. The van der Waals surface area contributed by atoms with Crippen LogP contribution in [0.3, 0.4) is 0 Å². The highest BCUT2D eigenvalue weighted by Gasteiger charge is 2.35. The summed E-state index contributed by atoms with van der Waals surface area (Å²) in [6.45, 7) is 11.8. The number of carbonyl (C=O) groups excluding carboxylic acids is 2. The quantitative estimate of drug-likeness (QED) is 0.590. The van der Waals surface area contributed by atoms with Crippen molar-refractivity contribution in [3.63, 3.8) is 0 Å². The van der Waals surface area contributed by atoms with E-state index in [1.54, 1.807) is 46.0 Å². The summed E-state index contributed by atoms with van der Waals surface area (Å²) >= 11 is 0. The Labute approximate surface area is 201 Å². The smallest absolute Gasteiger partial charge is 0.410 e. The zero-order chi connectivity index (χ0) is 25.5. The fourth-order valence-corrected chi connectivity index (χ4v) is 3.19. The molecule has 2 rings (SSSR count). The van der Waals surface area contributed by atoms with Crippen molar-refractivity contribution in [1.29, 1.82) is 0 Å². The minimum Gasteiger partial charge on any atom is -0.493 e. The molecule has 1 aromatic carbocycles. The van der Waals surface area contributed by atoms with Gasteiger partial charge in [-0.15, -0.1) is 0 Å². The van der Waals surface area contributed by atoms with Gasteiger partial charge < -0.3 is 34.0 Å². The first-order valence-electron chi connectivity index (χ1n) is 11.2. The number of likely N-dealkylation sites (tertiary alicyclic amines) is 1. The van der Waals surface area contributed by atoms with Gasteiger partial charge >= 0.3 is 12.2 Å². The molecule has 1 aliphatic rings. The number of hydrogen-bond donors (Lipinski definition) is 1. The minimum atomic E-state index is -0.620. The number of alkyl carbamates (subject to hydrolysis) is 1. The van der Waals surface area contributed by atoms with Gasteiger partial charge in [0.2, 0.25) is 0 Å². The molecule has 10 heteroatoms. The number of amides is 2. The lowest BCUT2D eigenvalue weighted by atomic mass is 10.1. The first-order chi connectivity index (χ1) is 15.8. The van der Waals surface area contributed by atoms with Gasteiger partial charge in [-0.3, -0.25) is 0 Å². The first kappa shape index (κ1) is 27.1. The summed E-state index contributed by atoms with van der Waals surface area (Å²) in [6.07, 6.45) is -0.978. The average molecular weight is 480 g/mol. The van der Waals surface area contributed by atoms with E-state index in [9.17, 15) is 9.59 Å². The van der Waals surface area contributed by atoms with Gasteiger partial charge in [-0.25, -0.2) is 9.59 Å². The normalized spacial score (nSPS) is 17.4. The van der Waals surface area contributed by atoms with E-state index in [2.05, 4.69) is 10.5 Å². The van der Waals surface area contributed by atoms with Crippen LogP contribution in [0.1, 0.15) is 47.1 Å². The second-order valence-electron chi connectivity index (χ2n) is 9.99. The largest absolute Gasteiger partial charge is 0.493 e. The lowest BCUT2D eigenvalue weighted by molar-refractivity contribution is 0.0292. The SMILES string of the molecule is COc1ccc(CO/N=C2\CN(C(=O)OC(C)(C)C)CC2CNC(=O)OC(C)(C)C)cc1OC. The summed E-state index contributed by atoms with van der Waals surface area (Å²) in [7, 11) is 3.14. The molecule has 0 bridgehead atoms. The van der Waals surface area contributed by atoms with E-state index in [0.29, 0.717) is 23.8 Å². The summed E-state index contributed by atoms with van der Waals surface area (Å²) in [5.74, 6) is 0.965. The zero-order valence-corrected chi connectivity index (χ0v) is 21.4. The van der Waals surface area contributed by atoms with Crippen LogP contribution in [0, 0.1) is 5.92 Å². The van der Waals surface area contributed by atoms with E-state index in [1.807, 2.05) is 32.9 Å². The van der Waals surface area contributed by atoms with Crippen LogP contribution in [0.2, 0.25) is 0 Å². The molecule has 190 valence electrons. The van der Waals surface area contributed by atoms with E-state index < -0.39 is 23.4 Å². The molecule has 1 fully saturated rings. The minimum absolute atomic E-state index is 0.197. The van der Waals surface area contributed by atoms with Gasteiger partial charge in [0.25, 0.3) is 0 Å². The van der Waals surface area contributed by atoms with Crippen LogP contribution in [0.25, 0.3) is 0 Å². The molecule has 34 heavy (non-hydrogen) atoms. The van der Waals surface area contributed by atoms with Gasteiger partial charge in [-0.2, -0.15) is 0 Å². The number of carbonyl (C=O) groups is 2. The van der Waals surface area contributed by atoms with Crippen LogP contribution in [0.5, 0.6) is 11.5 Å². The van der Waals surface area contributed by atoms with Crippen LogP contribution >= 0.6 is 0 Å². The van der Waals surface area contributed by atoms with Gasteiger partial charge in [0.1, 0.15) is 17.8 Å². The Morgan fingerprint density at radius 2 is 1.68 bits per heavy atom. The summed E-state index contributed by atoms with van der Waals surface area (Å²) in [5.41, 5.74) is 0.238. The Kier molecular flexibility index (Phi) is 9.00. The van der Waals surface area contributed by atoms with Crippen molar-refractivity contribution in [1.82, 2.24) is 10.2 Å². The molecule has 10 nitrogen and oxygen atoms in total. The lowest BCUT2D eigenvalue weighted by Gasteiger charge is -2.24. The third kappa shape index (κ3) is 8.64. The Bertz CT molecular complexity index is 888. The third-order valence-corrected chi connectivity index (χ3v) is 4.67. The summed E-state index contributed by atoms with van der Waals surface area (Å²) < 4.78 is 21.4. The molecule has 0 spiro atoms. The number of rotatable bonds is 7. The molecule has 1 aliphatic heterocycles. The Hall–Kier alpha value is -3.17. The van der Waals surface area contributed by atoms with Crippen LogP contribution in [0.15, 0.2) is 23.4 Å². The highest BCUT2D eigenvalue weighted by Crippen LogP contribution is 2.28. The van der Waals surface area contributed by atoms with Crippen molar-refractivity contribution in [3.05, 3.63) is 23.8 Å². The molecular weight excluding hydrogens is 442 g/mol. The highest BCUT2D eigenvalue weighted by molar-refractivity contribution is 5.94. The van der Waals surface area contributed by atoms with Crippen LogP contribution < -0.4 is 14.8 Å². The fourth-order valence-electron chi connectivity index (χ4n) is 3.19. The number of nitrogens with one attached hydrogen (secondary N) is 1. The van der Waals surface area contributed by atoms with Gasteiger partial charge in [0, 0.05) is 19.0 Å². The van der Waals surface area contributed by atoms with Gasteiger partial charge in [0.15, 0.2) is 11.5 Å².